The van der Waals surface area contributed by atoms with E-state index in [2.05, 4.69) is 10.2 Å². The number of primary amides is 1. The van der Waals surface area contributed by atoms with E-state index < -0.39 is 55.4 Å². The summed E-state index contributed by atoms with van der Waals surface area (Å²) in [4.78, 5) is 66.4. The van der Waals surface area contributed by atoms with Crippen LogP contribution in [0.5, 0.6) is 0 Å². The molecule has 38 heavy (non-hydrogen) atoms. The predicted molar refractivity (Wildman–Crippen MR) is 138 cm³/mol. The molecule has 4 rings (SSSR count). The van der Waals surface area contributed by atoms with Crippen LogP contribution in [-0.2, 0) is 24.0 Å². The number of nitrogens with zero attached hydrogens (tertiary/aromatic N) is 2. The minimum atomic E-state index is -1.56. The molecule has 2 aromatic rings. The summed E-state index contributed by atoms with van der Waals surface area (Å²) < 4.78 is 0. The molecule has 0 spiro atoms. The lowest BCUT2D eigenvalue weighted by Crippen LogP contribution is -2.53. The van der Waals surface area contributed by atoms with Crippen LogP contribution in [0.25, 0.3) is 11.1 Å². The highest BCUT2D eigenvalue weighted by Gasteiger charge is 2.47. The maximum absolute atomic E-state index is 13.2. The Morgan fingerprint density at radius 2 is 1.53 bits per heavy atom. The summed E-state index contributed by atoms with van der Waals surface area (Å²) in [5.74, 6) is -6.45. The van der Waals surface area contributed by atoms with Crippen molar-refractivity contribution in [3.05, 3.63) is 71.9 Å². The zero-order valence-electron chi connectivity index (χ0n) is 20.2. The van der Waals surface area contributed by atoms with Crippen molar-refractivity contribution in [3.63, 3.8) is 0 Å². The van der Waals surface area contributed by atoms with Gasteiger partial charge in [0.15, 0.2) is 0 Å². The molecule has 194 valence electrons. The number of allylic oxidation sites excluding steroid dienone is 2. The molecule has 1 saturated heterocycles. The maximum Gasteiger partial charge on any atom is 0.414 e. The highest BCUT2D eigenvalue weighted by Crippen LogP contribution is 2.34. The summed E-state index contributed by atoms with van der Waals surface area (Å²) in [6.07, 6.45) is 0.811. The van der Waals surface area contributed by atoms with Gasteiger partial charge in [0.05, 0.1) is 24.4 Å². The van der Waals surface area contributed by atoms with E-state index in [0.717, 1.165) is 11.1 Å². The molecule has 0 saturated carbocycles. The van der Waals surface area contributed by atoms with Crippen LogP contribution in [0.2, 0.25) is 5.82 Å². The lowest BCUT2D eigenvalue weighted by atomic mass is 9.58. The Labute approximate surface area is 218 Å². The first-order valence-electron chi connectivity index (χ1n) is 11.9. The number of aliphatic carboxylic acids is 2. The maximum atomic E-state index is 13.2. The molecule has 2 aromatic carbocycles. The second-order valence-corrected chi connectivity index (χ2v) is 9.04. The van der Waals surface area contributed by atoms with Gasteiger partial charge in [0, 0.05) is 12.1 Å². The van der Waals surface area contributed by atoms with E-state index >= 15 is 0 Å². The SMILES string of the molecule is NC(=O)[C@H](CC(=O)O)NC(=O)C(CC(=O)O)B1N=C(c2ccc(-c3ccccc3)cc2)C=C2CCC(=O)N12. The minimum absolute atomic E-state index is 0.169. The van der Waals surface area contributed by atoms with E-state index in [-0.39, 0.29) is 12.3 Å². The number of nitrogens with two attached hydrogens (primary N) is 1. The number of carboxylic acids is 2. The average molecular weight is 516 g/mol. The van der Waals surface area contributed by atoms with Crippen LogP contribution in [0, 0.1) is 0 Å². The lowest BCUT2D eigenvalue weighted by Gasteiger charge is -2.32. The van der Waals surface area contributed by atoms with Crippen molar-refractivity contribution >= 4 is 42.4 Å². The molecule has 0 bridgehead atoms. The molecule has 2 aliphatic heterocycles. The fourth-order valence-electron chi connectivity index (χ4n) is 4.58. The Kier molecular flexibility index (Phi) is 7.70. The van der Waals surface area contributed by atoms with E-state index in [0.29, 0.717) is 23.4 Å². The van der Waals surface area contributed by atoms with Gasteiger partial charge in [-0.3, -0.25) is 24.0 Å². The summed E-state index contributed by atoms with van der Waals surface area (Å²) in [7, 11) is 0. The van der Waals surface area contributed by atoms with Crippen LogP contribution in [0.1, 0.15) is 31.2 Å². The van der Waals surface area contributed by atoms with Gasteiger partial charge in [0.25, 0.3) is 0 Å². The van der Waals surface area contributed by atoms with Crippen molar-refractivity contribution in [1.29, 1.82) is 0 Å². The van der Waals surface area contributed by atoms with Crippen LogP contribution < -0.4 is 11.1 Å². The van der Waals surface area contributed by atoms with Crippen LogP contribution in [0.3, 0.4) is 0 Å². The number of fused-ring (bicyclic) bond motifs is 1. The molecule has 5 N–H and O–H groups in total. The molecular weight excluding hydrogens is 491 g/mol. The first-order chi connectivity index (χ1) is 18.1. The molecule has 1 unspecified atom stereocenters. The topological polar surface area (TPSA) is 179 Å². The fraction of sp³-hybridized carbons (Fsp3) is 0.231. The lowest BCUT2D eigenvalue weighted by molar-refractivity contribution is -0.141. The molecule has 0 aliphatic carbocycles. The molecular formula is C26H25BN4O7. The molecule has 11 nitrogen and oxygen atoms in total. The third-order valence-electron chi connectivity index (χ3n) is 6.43. The fourth-order valence-corrected chi connectivity index (χ4v) is 4.58. The van der Waals surface area contributed by atoms with Crippen LogP contribution in [-0.4, -0.2) is 63.4 Å². The standard InChI is InChI=1S/C26H25BN4O7/c28-25(37)21(14-24(35)36)29-26(38)19(13-23(33)34)27-30-20(12-18-10-11-22(32)31(18)27)17-8-6-16(7-9-17)15-4-2-1-3-5-15/h1-9,12,19,21H,10-11,13-14H2,(H2,28,37)(H,29,38)(H,33,34)(H,35,36)/t19?,21-/m0/s1. The summed E-state index contributed by atoms with van der Waals surface area (Å²) in [5, 5.41) is 20.8. The Bertz CT molecular complexity index is 1340. The average Bonchev–Trinajstić information content (AvgIpc) is 3.27. The highest BCUT2D eigenvalue weighted by molar-refractivity contribution is 6.66. The van der Waals surface area contributed by atoms with Crippen molar-refractivity contribution in [2.24, 2.45) is 10.6 Å². The van der Waals surface area contributed by atoms with E-state index in [1.807, 2.05) is 54.6 Å². The van der Waals surface area contributed by atoms with Gasteiger partial charge in [0.2, 0.25) is 17.7 Å². The van der Waals surface area contributed by atoms with Crippen LogP contribution in [0.15, 0.2) is 71.3 Å². The van der Waals surface area contributed by atoms with E-state index in [9.17, 15) is 29.1 Å². The van der Waals surface area contributed by atoms with E-state index in [4.69, 9.17) is 10.8 Å². The normalized spacial score (nSPS) is 16.2. The van der Waals surface area contributed by atoms with Crippen molar-refractivity contribution in [2.45, 2.75) is 37.5 Å². The Hall–Kier alpha value is -4.74. The number of benzene rings is 2. The summed E-state index contributed by atoms with van der Waals surface area (Å²) in [6.45, 7) is -1.21. The smallest absolute Gasteiger partial charge is 0.414 e. The Balaban J connectivity index is 1.69. The summed E-state index contributed by atoms with van der Waals surface area (Å²) >= 11 is 0. The highest BCUT2D eigenvalue weighted by atomic mass is 16.4. The van der Waals surface area contributed by atoms with Gasteiger partial charge in [-0.05, 0) is 29.2 Å². The first-order valence-corrected chi connectivity index (χ1v) is 11.9. The van der Waals surface area contributed by atoms with Gasteiger partial charge < -0.3 is 31.0 Å². The number of rotatable bonds is 10. The van der Waals surface area contributed by atoms with Gasteiger partial charge >= 0.3 is 18.9 Å². The minimum Gasteiger partial charge on any atom is -0.481 e. The number of carboxylic acid groups (broad SMARTS) is 2. The molecule has 2 aliphatic rings. The predicted octanol–water partition coefficient (Wildman–Crippen LogP) is 1.44. The van der Waals surface area contributed by atoms with Crippen molar-refractivity contribution in [2.75, 3.05) is 0 Å². The van der Waals surface area contributed by atoms with Gasteiger partial charge in [-0.15, -0.1) is 0 Å². The molecule has 1 fully saturated rings. The van der Waals surface area contributed by atoms with Gasteiger partial charge in [-0.1, -0.05) is 54.6 Å². The number of amides is 3. The Morgan fingerprint density at radius 1 is 0.921 bits per heavy atom. The second kappa shape index (κ2) is 11.1. The van der Waals surface area contributed by atoms with E-state index in [1.54, 1.807) is 6.08 Å². The van der Waals surface area contributed by atoms with Gasteiger partial charge in [0.1, 0.15) is 6.04 Å². The van der Waals surface area contributed by atoms with Crippen molar-refractivity contribution in [3.8, 4) is 11.1 Å². The van der Waals surface area contributed by atoms with Gasteiger partial charge in [-0.25, -0.2) is 0 Å². The van der Waals surface area contributed by atoms with Crippen molar-refractivity contribution in [1.82, 2.24) is 10.1 Å². The molecule has 2 atom stereocenters. The molecule has 0 radical (unpaired) electrons. The van der Waals surface area contributed by atoms with Gasteiger partial charge in [-0.2, -0.15) is 0 Å². The molecule has 2 heterocycles. The summed E-state index contributed by atoms with van der Waals surface area (Å²) in [5.41, 5.74) is 9.01. The first kappa shape index (κ1) is 26.3. The zero-order valence-corrected chi connectivity index (χ0v) is 20.2. The number of hydrogen-bond donors (Lipinski definition) is 4. The zero-order chi connectivity index (χ0) is 27.4. The van der Waals surface area contributed by atoms with Crippen LogP contribution in [0.4, 0.5) is 0 Å². The monoisotopic (exact) mass is 516 g/mol. The number of hydrogen-bond acceptors (Lipinski definition) is 6. The number of carbonyl (C=O) groups is 5. The second-order valence-electron chi connectivity index (χ2n) is 9.04. The Morgan fingerprint density at radius 3 is 2.13 bits per heavy atom. The van der Waals surface area contributed by atoms with Crippen LogP contribution >= 0.6 is 0 Å². The molecule has 3 amide bonds. The third-order valence-corrected chi connectivity index (χ3v) is 6.43. The largest absolute Gasteiger partial charge is 0.481 e. The van der Waals surface area contributed by atoms with E-state index in [1.165, 1.54) is 4.81 Å². The molecule has 12 heteroatoms. The third kappa shape index (κ3) is 5.80. The summed E-state index contributed by atoms with van der Waals surface area (Å²) in [6, 6.07) is 15.7. The molecule has 0 aromatic heterocycles. The quantitative estimate of drug-likeness (QED) is 0.345. The van der Waals surface area contributed by atoms with Crippen molar-refractivity contribution < 1.29 is 34.2 Å². The number of carbonyl (C=O) groups excluding carboxylic acids is 3. The number of nitrogens with one attached hydrogen (secondary N) is 1.